The topological polar surface area (TPSA) is 68.3 Å². The van der Waals surface area contributed by atoms with Crippen molar-refractivity contribution in [3.05, 3.63) is 94.3 Å². The van der Waals surface area contributed by atoms with Crippen LogP contribution in [0.1, 0.15) is 33.2 Å². The van der Waals surface area contributed by atoms with Crippen LogP contribution in [-0.2, 0) is 9.53 Å². The summed E-state index contributed by atoms with van der Waals surface area (Å²) >= 11 is 5.98. The Morgan fingerprint density at radius 2 is 1.68 bits per heavy atom. The number of amides is 1. The summed E-state index contributed by atoms with van der Waals surface area (Å²) in [6.45, 7) is 3.89. The number of benzene rings is 2. The number of carbonyl (C=O) groups excluding carboxylic acids is 2. The minimum Gasteiger partial charge on any atom is -0.444 e. The summed E-state index contributed by atoms with van der Waals surface area (Å²) in [5.41, 5.74) is 3.33. The summed E-state index contributed by atoms with van der Waals surface area (Å²) < 4.78 is 5.52. The molecule has 0 bridgehead atoms. The molecule has 0 aliphatic carbocycles. The number of nitrogens with zero attached hydrogens (tertiary/aromatic N) is 1. The van der Waals surface area contributed by atoms with Gasteiger partial charge in [0.1, 0.15) is 5.15 Å². The van der Waals surface area contributed by atoms with Crippen LogP contribution in [0.5, 0.6) is 0 Å². The Morgan fingerprint density at radius 1 is 1.00 bits per heavy atom. The van der Waals surface area contributed by atoms with E-state index in [2.05, 4.69) is 10.3 Å². The number of hydrogen-bond acceptors (Lipinski definition) is 4. The number of rotatable bonds is 5. The van der Waals surface area contributed by atoms with Crippen LogP contribution in [0.2, 0.25) is 5.15 Å². The number of hydrogen-bond donors (Lipinski definition) is 1. The predicted molar refractivity (Wildman–Crippen MR) is 108 cm³/mol. The van der Waals surface area contributed by atoms with Crippen LogP contribution in [0.4, 0.5) is 5.69 Å². The largest absolute Gasteiger partial charge is 0.444 e. The van der Waals surface area contributed by atoms with Crippen molar-refractivity contribution in [2.24, 2.45) is 0 Å². The van der Waals surface area contributed by atoms with Crippen molar-refractivity contribution in [2.45, 2.75) is 20.0 Å². The van der Waals surface area contributed by atoms with Gasteiger partial charge in [-0.05, 0) is 49.2 Å². The maximum absolute atomic E-state index is 13.0. The SMILES string of the molecule is Cc1cc(C)cc(NC(=O)[C@@H](OC(=O)c2cccnc2Cl)c2ccccc2)c1. The molecule has 1 heterocycles. The summed E-state index contributed by atoms with van der Waals surface area (Å²) in [5, 5.41) is 2.85. The fraction of sp³-hybridized carbons (Fsp3) is 0.136. The van der Waals surface area contributed by atoms with Gasteiger partial charge in [-0.1, -0.05) is 48.0 Å². The fourth-order valence-corrected chi connectivity index (χ4v) is 3.06. The van der Waals surface area contributed by atoms with E-state index in [0.29, 0.717) is 11.3 Å². The Balaban J connectivity index is 1.88. The molecule has 0 aliphatic heterocycles. The van der Waals surface area contributed by atoms with E-state index >= 15 is 0 Å². The van der Waals surface area contributed by atoms with Crippen molar-refractivity contribution in [1.82, 2.24) is 4.98 Å². The summed E-state index contributed by atoms with van der Waals surface area (Å²) in [6.07, 6.45) is 0.339. The maximum atomic E-state index is 13.0. The zero-order chi connectivity index (χ0) is 20.1. The van der Waals surface area contributed by atoms with Gasteiger partial charge >= 0.3 is 5.97 Å². The van der Waals surface area contributed by atoms with E-state index in [9.17, 15) is 9.59 Å². The number of halogens is 1. The quantitative estimate of drug-likeness (QED) is 0.494. The molecule has 3 rings (SSSR count). The highest BCUT2D eigenvalue weighted by molar-refractivity contribution is 6.32. The van der Waals surface area contributed by atoms with Gasteiger partial charge in [-0.3, -0.25) is 4.79 Å². The first-order chi connectivity index (χ1) is 13.4. The van der Waals surface area contributed by atoms with Gasteiger partial charge in [0.2, 0.25) is 6.10 Å². The highest BCUT2D eigenvalue weighted by Crippen LogP contribution is 2.24. The monoisotopic (exact) mass is 394 g/mol. The number of esters is 1. The molecule has 5 nitrogen and oxygen atoms in total. The van der Waals surface area contributed by atoms with Crippen LogP contribution >= 0.6 is 11.6 Å². The van der Waals surface area contributed by atoms with Crippen molar-refractivity contribution in [1.29, 1.82) is 0 Å². The van der Waals surface area contributed by atoms with Crippen LogP contribution in [-0.4, -0.2) is 16.9 Å². The molecule has 0 saturated heterocycles. The second kappa shape index (κ2) is 8.67. The lowest BCUT2D eigenvalue weighted by Crippen LogP contribution is -2.26. The minimum absolute atomic E-state index is 0.0222. The number of carbonyl (C=O) groups is 2. The molecule has 1 amide bonds. The first-order valence-corrected chi connectivity index (χ1v) is 9.07. The normalized spacial score (nSPS) is 11.5. The first-order valence-electron chi connectivity index (χ1n) is 8.69. The Hall–Kier alpha value is -3.18. The molecule has 1 aromatic heterocycles. The molecule has 6 heteroatoms. The number of nitrogens with one attached hydrogen (secondary N) is 1. The predicted octanol–water partition coefficient (Wildman–Crippen LogP) is 4.89. The third-order valence-electron chi connectivity index (χ3n) is 4.03. The molecule has 0 unspecified atom stereocenters. The maximum Gasteiger partial charge on any atom is 0.342 e. The molecule has 142 valence electrons. The molecule has 1 N–H and O–H groups in total. The van der Waals surface area contributed by atoms with E-state index < -0.39 is 18.0 Å². The molecule has 0 radical (unpaired) electrons. The molecular formula is C22H19ClN2O3. The van der Waals surface area contributed by atoms with Crippen molar-refractivity contribution >= 4 is 29.2 Å². The Morgan fingerprint density at radius 3 is 2.32 bits per heavy atom. The molecule has 0 saturated carbocycles. The zero-order valence-electron chi connectivity index (χ0n) is 15.5. The molecule has 0 aliphatic rings. The zero-order valence-corrected chi connectivity index (χ0v) is 16.2. The van der Waals surface area contributed by atoms with Gasteiger partial charge in [-0.25, -0.2) is 9.78 Å². The van der Waals surface area contributed by atoms with E-state index in [1.165, 1.54) is 12.3 Å². The average Bonchev–Trinajstić information content (AvgIpc) is 2.66. The number of aromatic nitrogens is 1. The smallest absolute Gasteiger partial charge is 0.342 e. The van der Waals surface area contributed by atoms with Crippen LogP contribution < -0.4 is 5.32 Å². The molecular weight excluding hydrogens is 376 g/mol. The number of aryl methyl sites for hydroxylation is 2. The van der Waals surface area contributed by atoms with Gasteiger partial charge in [0.15, 0.2) is 0 Å². The number of ether oxygens (including phenoxy) is 1. The minimum atomic E-state index is -1.13. The highest BCUT2D eigenvalue weighted by atomic mass is 35.5. The highest BCUT2D eigenvalue weighted by Gasteiger charge is 2.27. The van der Waals surface area contributed by atoms with Gasteiger partial charge in [0, 0.05) is 17.4 Å². The third-order valence-corrected chi connectivity index (χ3v) is 4.33. The van der Waals surface area contributed by atoms with E-state index in [1.54, 1.807) is 30.3 Å². The molecule has 2 aromatic carbocycles. The van der Waals surface area contributed by atoms with Crippen molar-refractivity contribution in [3.63, 3.8) is 0 Å². The van der Waals surface area contributed by atoms with E-state index in [1.807, 2.05) is 38.1 Å². The molecule has 1 atom stereocenters. The second-order valence-electron chi connectivity index (χ2n) is 6.40. The molecule has 0 spiro atoms. The molecule has 3 aromatic rings. The third kappa shape index (κ3) is 4.75. The van der Waals surface area contributed by atoms with E-state index in [4.69, 9.17) is 16.3 Å². The summed E-state index contributed by atoms with van der Waals surface area (Å²) in [5.74, 6) is -1.17. The lowest BCUT2D eigenvalue weighted by molar-refractivity contribution is -0.125. The van der Waals surface area contributed by atoms with Crippen molar-refractivity contribution in [3.8, 4) is 0 Å². The van der Waals surface area contributed by atoms with Crippen molar-refractivity contribution < 1.29 is 14.3 Å². The summed E-state index contributed by atoms with van der Waals surface area (Å²) in [6, 6.07) is 17.6. The fourth-order valence-electron chi connectivity index (χ4n) is 2.86. The Labute approximate surface area is 168 Å². The summed E-state index contributed by atoms with van der Waals surface area (Å²) in [7, 11) is 0. The molecule has 0 fully saturated rings. The summed E-state index contributed by atoms with van der Waals surface area (Å²) in [4.78, 5) is 29.4. The lowest BCUT2D eigenvalue weighted by atomic mass is 10.1. The van der Waals surface area contributed by atoms with Crippen LogP contribution in [0, 0.1) is 13.8 Å². The second-order valence-corrected chi connectivity index (χ2v) is 6.76. The lowest BCUT2D eigenvalue weighted by Gasteiger charge is -2.18. The standard InChI is InChI=1S/C22H19ClN2O3/c1-14-11-15(2)13-17(12-14)25-21(26)19(16-7-4-3-5-8-16)28-22(27)18-9-6-10-24-20(18)23/h3-13,19H,1-2H3,(H,25,26)/t19-/m0/s1. The van der Waals surface area contributed by atoms with Crippen LogP contribution in [0.25, 0.3) is 0 Å². The van der Waals surface area contributed by atoms with Gasteiger partial charge < -0.3 is 10.1 Å². The molecule has 28 heavy (non-hydrogen) atoms. The first kappa shape index (κ1) is 19.6. The van der Waals surface area contributed by atoms with Crippen LogP contribution in [0.15, 0.2) is 66.9 Å². The van der Waals surface area contributed by atoms with Gasteiger partial charge in [-0.15, -0.1) is 0 Å². The average molecular weight is 395 g/mol. The van der Waals surface area contributed by atoms with Gasteiger partial charge in [-0.2, -0.15) is 0 Å². The van der Waals surface area contributed by atoms with Gasteiger partial charge in [0.05, 0.1) is 5.56 Å². The Kier molecular flexibility index (Phi) is 6.06. The van der Waals surface area contributed by atoms with Crippen molar-refractivity contribution in [2.75, 3.05) is 5.32 Å². The Bertz CT molecular complexity index is 985. The van der Waals surface area contributed by atoms with E-state index in [0.717, 1.165) is 11.1 Å². The number of pyridine rings is 1. The van der Waals surface area contributed by atoms with E-state index in [-0.39, 0.29) is 10.7 Å². The van der Waals surface area contributed by atoms with Gasteiger partial charge in [0.25, 0.3) is 5.91 Å². The number of anilines is 1. The van der Waals surface area contributed by atoms with Crippen LogP contribution in [0.3, 0.4) is 0 Å².